The van der Waals surface area contributed by atoms with Crippen LogP contribution in [0.25, 0.3) is 28.1 Å². The number of ether oxygens (including phenoxy) is 3. The molecule has 5 aromatic rings. The number of aromatic nitrogens is 4. The Bertz CT molecular complexity index is 1890. The Morgan fingerprint density at radius 2 is 1.74 bits per heavy atom. The third-order valence-electron chi connectivity index (χ3n) is 6.38. The molecule has 0 saturated heterocycles. The number of aryl methyl sites for hydroxylation is 1. The van der Waals surface area contributed by atoms with Crippen LogP contribution in [0.15, 0.2) is 71.6 Å². The molecule has 1 amide bonds. The van der Waals surface area contributed by atoms with Gasteiger partial charge in [-0.25, -0.2) is 14.2 Å². The second kappa shape index (κ2) is 12.9. The molecule has 9 nitrogen and oxygen atoms in total. The number of hydrogen-bond acceptors (Lipinski definition) is 7. The number of alkyl halides is 3. The van der Waals surface area contributed by atoms with E-state index in [1.807, 2.05) is 30.3 Å². The molecule has 1 N–H and O–H groups in total. The van der Waals surface area contributed by atoms with Gasteiger partial charge in [0.2, 0.25) is 5.88 Å². The maximum atomic E-state index is 16.0. The van der Waals surface area contributed by atoms with Crippen molar-refractivity contribution in [2.75, 3.05) is 11.9 Å². The highest BCUT2D eigenvalue weighted by atomic mass is 79.9. The van der Waals surface area contributed by atoms with Crippen molar-refractivity contribution in [2.45, 2.75) is 46.1 Å². The SMILES string of the molecule is Cc1cc(NC(=O)OC(C)(C)C)cnc1-c1c(Br)c2ncnc(OCC(F)(F)F)c2n1-c1ccc(OCc2ccccc2)cc1F. The Balaban J connectivity index is 1.62. The van der Waals surface area contributed by atoms with Gasteiger partial charge in [0.05, 0.1) is 33.4 Å². The summed E-state index contributed by atoms with van der Waals surface area (Å²) in [6, 6.07) is 15.1. The zero-order valence-corrected chi connectivity index (χ0v) is 26.7. The lowest BCUT2D eigenvalue weighted by atomic mass is 10.1. The first-order chi connectivity index (χ1) is 21.7. The zero-order valence-electron chi connectivity index (χ0n) is 25.1. The van der Waals surface area contributed by atoms with Gasteiger partial charge in [-0.15, -0.1) is 0 Å². The second-order valence-corrected chi connectivity index (χ2v) is 12.0. The van der Waals surface area contributed by atoms with E-state index in [1.165, 1.54) is 22.9 Å². The monoisotopic (exact) mass is 701 g/mol. The smallest absolute Gasteiger partial charge is 0.422 e. The van der Waals surface area contributed by atoms with Crippen molar-refractivity contribution >= 4 is 38.7 Å². The van der Waals surface area contributed by atoms with Crippen LogP contribution in [0.3, 0.4) is 0 Å². The first kappa shape index (κ1) is 32.7. The topological polar surface area (TPSA) is 100 Å². The minimum absolute atomic E-state index is 0.0253. The predicted octanol–water partition coefficient (Wildman–Crippen LogP) is 8.56. The number of fused-ring (bicyclic) bond motifs is 1. The van der Waals surface area contributed by atoms with Crippen LogP contribution in [0.2, 0.25) is 0 Å². The van der Waals surface area contributed by atoms with E-state index in [0.717, 1.165) is 11.9 Å². The lowest BCUT2D eigenvalue weighted by Crippen LogP contribution is -2.27. The molecule has 0 spiro atoms. The van der Waals surface area contributed by atoms with E-state index in [2.05, 4.69) is 36.2 Å². The van der Waals surface area contributed by atoms with Crippen LogP contribution in [0.1, 0.15) is 31.9 Å². The average molecular weight is 703 g/mol. The summed E-state index contributed by atoms with van der Waals surface area (Å²) in [7, 11) is 0. The number of amides is 1. The molecule has 3 aromatic heterocycles. The molecule has 3 heterocycles. The number of benzene rings is 2. The molecule has 0 bridgehead atoms. The molecule has 2 aromatic carbocycles. The summed E-state index contributed by atoms with van der Waals surface area (Å²) in [4.78, 5) is 25.1. The highest BCUT2D eigenvalue weighted by Crippen LogP contribution is 2.43. The van der Waals surface area contributed by atoms with Crippen LogP contribution in [-0.2, 0) is 11.3 Å². The number of rotatable bonds is 8. The lowest BCUT2D eigenvalue weighted by Gasteiger charge is -2.20. The van der Waals surface area contributed by atoms with Gasteiger partial charge in [-0.1, -0.05) is 30.3 Å². The summed E-state index contributed by atoms with van der Waals surface area (Å²) >= 11 is 3.51. The van der Waals surface area contributed by atoms with Crippen molar-refractivity contribution in [1.82, 2.24) is 19.5 Å². The summed E-state index contributed by atoms with van der Waals surface area (Å²) < 4.78 is 73.3. The number of nitrogens with zero attached hydrogens (tertiary/aromatic N) is 4. The summed E-state index contributed by atoms with van der Waals surface area (Å²) in [6.45, 7) is 5.46. The van der Waals surface area contributed by atoms with Gasteiger partial charge in [0.1, 0.15) is 35.3 Å². The van der Waals surface area contributed by atoms with Crippen LogP contribution < -0.4 is 14.8 Å². The fraction of sp³-hybridized carbons (Fsp3) is 0.250. The predicted molar refractivity (Wildman–Crippen MR) is 167 cm³/mol. The fourth-order valence-corrected chi connectivity index (χ4v) is 5.22. The molecular weight excluding hydrogens is 674 g/mol. The highest BCUT2D eigenvalue weighted by Gasteiger charge is 2.31. The van der Waals surface area contributed by atoms with Crippen LogP contribution >= 0.6 is 15.9 Å². The first-order valence-electron chi connectivity index (χ1n) is 13.9. The Kier molecular flexibility index (Phi) is 9.20. The van der Waals surface area contributed by atoms with E-state index in [0.29, 0.717) is 21.4 Å². The summed E-state index contributed by atoms with van der Waals surface area (Å²) in [5, 5.41) is 2.62. The normalized spacial score (nSPS) is 11.8. The molecule has 240 valence electrons. The van der Waals surface area contributed by atoms with Gasteiger partial charge >= 0.3 is 12.3 Å². The molecule has 0 aliphatic heterocycles. The van der Waals surface area contributed by atoms with Gasteiger partial charge in [-0.05, 0) is 73.0 Å². The standard InChI is InChI=1S/C32H28BrF4N5O4/c1-18-12-20(41-30(43)46-31(2,3)4)14-38-25(18)27-24(33)26-28(29(40-17-39-26)45-16-32(35,36)37)42(27)23-11-10-21(13-22(23)34)44-15-19-8-6-5-7-9-19/h5-14,17H,15-16H2,1-4H3,(H,41,43). The molecule has 0 unspecified atom stereocenters. The highest BCUT2D eigenvalue weighted by molar-refractivity contribution is 9.10. The number of hydrogen-bond donors (Lipinski definition) is 1. The number of anilines is 1. The molecule has 0 radical (unpaired) electrons. The summed E-state index contributed by atoms with van der Waals surface area (Å²) in [5.41, 5.74) is 1.66. The maximum absolute atomic E-state index is 16.0. The fourth-order valence-electron chi connectivity index (χ4n) is 4.57. The third-order valence-corrected chi connectivity index (χ3v) is 7.13. The van der Waals surface area contributed by atoms with E-state index in [-0.39, 0.29) is 34.8 Å². The van der Waals surface area contributed by atoms with E-state index in [4.69, 9.17) is 14.2 Å². The van der Waals surface area contributed by atoms with Crippen molar-refractivity contribution in [3.63, 3.8) is 0 Å². The van der Waals surface area contributed by atoms with Gasteiger partial charge in [0.15, 0.2) is 12.4 Å². The van der Waals surface area contributed by atoms with Gasteiger partial charge < -0.3 is 14.2 Å². The zero-order chi connectivity index (χ0) is 33.2. The summed E-state index contributed by atoms with van der Waals surface area (Å²) in [6.07, 6.45) is -2.91. The Morgan fingerprint density at radius 1 is 1.00 bits per heavy atom. The Labute approximate surface area is 269 Å². The van der Waals surface area contributed by atoms with Crippen LogP contribution in [-0.4, -0.2) is 44.0 Å². The molecule has 0 aliphatic carbocycles. The molecule has 14 heteroatoms. The van der Waals surface area contributed by atoms with Crippen molar-refractivity contribution in [3.05, 3.63) is 88.5 Å². The van der Waals surface area contributed by atoms with Crippen LogP contribution in [0, 0.1) is 12.7 Å². The van der Waals surface area contributed by atoms with Crippen molar-refractivity contribution in [3.8, 4) is 28.7 Å². The van der Waals surface area contributed by atoms with Gasteiger partial charge in [0, 0.05) is 6.07 Å². The van der Waals surface area contributed by atoms with Gasteiger partial charge in [-0.2, -0.15) is 18.2 Å². The molecular formula is C32H28BrF4N5O4. The van der Waals surface area contributed by atoms with E-state index in [1.54, 1.807) is 39.8 Å². The minimum Gasteiger partial charge on any atom is -0.489 e. The number of pyridine rings is 1. The molecule has 0 fully saturated rings. The molecule has 0 atom stereocenters. The lowest BCUT2D eigenvalue weighted by molar-refractivity contribution is -0.153. The van der Waals surface area contributed by atoms with E-state index >= 15 is 4.39 Å². The number of halogens is 5. The first-order valence-corrected chi connectivity index (χ1v) is 14.7. The van der Waals surface area contributed by atoms with Crippen molar-refractivity contribution in [2.24, 2.45) is 0 Å². The Morgan fingerprint density at radius 3 is 2.39 bits per heavy atom. The summed E-state index contributed by atoms with van der Waals surface area (Å²) in [5.74, 6) is -0.930. The average Bonchev–Trinajstić information content (AvgIpc) is 3.26. The van der Waals surface area contributed by atoms with Crippen molar-refractivity contribution < 1.29 is 36.6 Å². The van der Waals surface area contributed by atoms with Crippen LogP contribution in [0.5, 0.6) is 11.6 Å². The largest absolute Gasteiger partial charge is 0.489 e. The molecule has 46 heavy (non-hydrogen) atoms. The van der Waals surface area contributed by atoms with E-state index in [9.17, 15) is 18.0 Å². The third kappa shape index (κ3) is 7.56. The number of nitrogens with one attached hydrogen (secondary N) is 1. The minimum atomic E-state index is -4.66. The quantitative estimate of drug-likeness (QED) is 0.162. The van der Waals surface area contributed by atoms with Gasteiger partial charge in [-0.3, -0.25) is 14.9 Å². The molecule has 5 rings (SSSR count). The Hall–Kier alpha value is -4.72. The number of carbonyl (C=O) groups is 1. The van der Waals surface area contributed by atoms with Crippen molar-refractivity contribution in [1.29, 1.82) is 0 Å². The van der Waals surface area contributed by atoms with Crippen LogP contribution in [0.4, 0.5) is 28.0 Å². The van der Waals surface area contributed by atoms with Gasteiger partial charge in [0.25, 0.3) is 0 Å². The molecule has 0 aliphatic rings. The number of carbonyl (C=O) groups excluding carboxylic acids is 1. The van der Waals surface area contributed by atoms with E-state index < -0.39 is 36.2 Å². The molecule has 0 saturated carbocycles. The maximum Gasteiger partial charge on any atom is 0.422 e. The second-order valence-electron chi connectivity index (χ2n) is 11.2.